The lowest BCUT2D eigenvalue weighted by atomic mass is 10.1. The second kappa shape index (κ2) is 7.32. The summed E-state index contributed by atoms with van der Waals surface area (Å²) in [7, 11) is 0. The SMILES string of the molecule is CCN1CC[C@H]2CC[C@@H](C1)N2CC(=O)Nc1ccc(C)c(Br)c1. The van der Waals surface area contributed by atoms with E-state index in [1.54, 1.807) is 0 Å². The van der Waals surface area contributed by atoms with Crippen LogP contribution in [0.1, 0.15) is 31.7 Å². The Morgan fingerprint density at radius 3 is 2.83 bits per heavy atom. The van der Waals surface area contributed by atoms with Crippen LogP contribution in [0.2, 0.25) is 0 Å². The Kier molecular flexibility index (Phi) is 5.39. The van der Waals surface area contributed by atoms with Gasteiger partial charge in [0.2, 0.25) is 5.91 Å². The van der Waals surface area contributed by atoms with Gasteiger partial charge < -0.3 is 10.2 Å². The zero-order valence-electron chi connectivity index (χ0n) is 14.0. The third kappa shape index (κ3) is 3.95. The van der Waals surface area contributed by atoms with Crippen molar-refractivity contribution in [2.24, 2.45) is 0 Å². The number of likely N-dealkylation sites (N-methyl/N-ethyl adjacent to an activating group) is 1. The fourth-order valence-electron chi connectivity index (χ4n) is 3.82. The number of halogens is 1. The van der Waals surface area contributed by atoms with Crippen LogP contribution in [-0.2, 0) is 4.79 Å². The first kappa shape index (κ1) is 16.9. The van der Waals surface area contributed by atoms with Crippen molar-refractivity contribution in [3.05, 3.63) is 28.2 Å². The standard InChI is InChI=1S/C18H26BrN3O/c1-3-21-9-8-15-6-7-16(11-21)22(15)12-18(23)20-14-5-4-13(2)17(19)10-14/h4-5,10,15-16H,3,6-9,11-12H2,1-2H3,(H,20,23)/t15-,16+/m1/s1. The molecule has 2 saturated heterocycles. The molecule has 2 aliphatic rings. The van der Waals surface area contributed by atoms with Crippen molar-refractivity contribution >= 4 is 27.5 Å². The number of amides is 1. The van der Waals surface area contributed by atoms with E-state index >= 15 is 0 Å². The third-order valence-electron chi connectivity index (χ3n) is 5.25. The zero-order chi connectivity index (χ0) is 16.4. The van der Waals surface area contributed by atoms with Gasteiger partial charge in [-0.25, -0.2) is 0 Å². The van der Waals surface area contributed by atoms with Crippen LogP contribution < -0.4 is 5.32 Å². The molecular weight excluding hydrogens is 354 g/mol. The summed E-state index contributed by atoms with van der Waals surface area (Å²) in [4.78, 5) is 17.4. The lowest BCUT2D eigenvalue weighted by Gasteiger charge is -2.27. The number of hydrogen-bond acceptors (Lipinski definition) is 3. The Morgan fingerprint density at radius 2 is 2.09 bits per heavy atom. The summed E-state index contributed by atoms with van der Waals surface area (Å²) in [5.74, 6) is 0.0996. The first-order valence-electron chi connectivity index (χ1n) is 8.61. The van der Waals surface area contributed by atoms with E-state index in [2.05, 4.69) is 38.0 Å². The van der Waals surface area contributed by atoms with E-state index in [4.69, 9.17) is 0 Å². The highest BCUT2D eigenvalue weighted by Crippen LogP contribution is 2.30. The smallest absolute Gasteiger partial charge is 0.238 e. The van der Waals surface area contributed by atoms with Gasteiger partial charge in [-0.2, -0.15) is 0 Å². The number of carbonyl (C=O) groups excluding carboxylic acids is 1. The summed E-state index contributed by atoms with van der Waals surface area (Å²) in [5.41, 5.74) is 2.04. The van der Waals surface area contributed by atoms with Crippen molar-refractivity contribution in [1.82, 2.24) is 9.80 Å². The summed E-state index contributed by atoms with van der Waals surface area (Å²) >= 11 is 3.52. The minimum Gasteiger partial charge on any atom is -0.325 e. The maximum Gasteiger partial charge on any atom is 0.238 e. The molecule has 2 atom stereocenters. The molecule has 0 aromatic heterocycles. The number of benzene rings is 1. The number of carbonyl (C=O) groups is 1. The van der Waals surface area contributed by atoms with Crippen molar-refractivity contribution in [1.29, 1.82) is 0 Å². The fraction of sp³-hybridized carbons (Fsp3) is 0.611. The molecule has 1 amide bonds. The Hall–Kier alpha value is -0.910. The molecule has 1 aromatic carbocycles. The van der Waals surface area contributed by atoms with Crippen molar-refractivity contribution < 1.29 is 4.79 Å². The van der Waals surface area contributed by atoms with Crippen LogP contribution in [0.15, 0.2) is 22.7 Å². The van der Waals surface area contributed by atoms with Gasteiger partial charge >= 0.3 is 0 Å². The largest absolute Gasteiger partial charge is 0.325 e. The van der Waals surface area contributed by atoms with Gasteiger partial charge in [0.1, 0.15) is 0 Å². The monoisotopic (exact) mass is 379 g/mol. The maximum atomic E-state index is 12.5. The average Bonchev–Trinajstić information content (AvgIpc) is 2.77. The highest BCUT2D eigenvalue weighted by molar-refractivity contribution is 9.10. The van der Waals surface area contributed by atoms with Gasteiger partial charge in [0, 0.05) is 28.8 Å². The predicted octanol–water partition coefficient (Wildman–Crippen LogP) is 3.25. The van der Waals surface area contributed by atoms with E-state index in [1.807, 2.05) is 25.1 Å². The van der Waals surface area contributed by atoms with E-state index in [9.17, 15) is 4.79 Å². The summed E-state index contributed by atoms with van der Waals surface area (Å²) in [6.45, 7) is 8.17. The second-order valence-electron chi connectivity index (χ2n) is 6.75. The normalized spacial score (nSPS) is 25.3. The minimum atomic E-state index is 0.0996. The molecule has 0 saturated carbocycles. The Bertz CT molecular complexity index is 577. The molecule has 2 heterocycles. The molecule has 1 N–H and O–H groups in total. The quantitative estimate of drug-likeness (QED) is 0.871. The molecule has 2 bridgehead atoms. The predicted molar refractivity (Wildman–Crippen MR) is 97.8 cm³/mol. The van der Waals surface area contributed by atoms with Gasteiger partial charge in [0.05, 0.1) is 6.54 Å². The molecule has 23 heavy (non-hydrogen) atoms. The maximum absolute atomic E-state index is 12.5. The zero-order valence-corrected chi connectivity index (χ0v) is 15.6. The van der Waals surface area contributed by atoms with Crippen LogP contribution in [0.5, 0.6) is 0 Å². The number of anilines is 1. The van der Waals surface area contributed by atoms with Crippen LogP contribution in [0, 0.1) is 6.92 Å². The third-order valence-corrected chi connectivity index (χ3v) is 6.10. The average molecular weight is 380 g/mol. The van der Waals surface area contributed by atoms with E-state index in [-0.39, 0.29) is 5.91 Å². The molecule has 4 nitrogen and oxygen atoms in total. The van der Waals surface area contributed by atoms with E-state index < -0.39 is 0 Å². The van der Waals surface area contributed by atoms with Gasteiger partial charge in [-0.3, -0.25) is 9.69 Å². The number of fused-ring (bicyclic) bond motifs is 2. The fourth-order valence-corrected chi connectivity index (χ4v) is 4.20. The highest BCUT2D eigenvalue weighted by atomic mass is 79.9. The van der Waals surface area contributed by atoms with E-state index in [0.29, 0.717) is 18.6 Å². The van der Waals surface area contributed by atoms with E-state index in [1.165, 1.54) is 31.4 Å². The summed E-state index contributed by atoms with van der Waals surface area (Å²) < 4.78 is 1.03. The molecule has 2 fully saturated rings. The van der Waals surface area contributed by atoms with Crippen LogP contribution in [-0.4, -0.2) is 54.0 Å². The van der Waals surface area contributed by atoms with Crippen LogP contribution in [0.4, 0.5) is 5.69 Å². The molecule has 3 rings (SSSR count). The summed E-state index contributed by atoms with van der Waals surface area (Å²) in [6.07, 6.45) is 3.66. The molecule has 0 radical (unpaired) electrons. The summed E-state index contributed by atoms with van der Waals surface area (Å²) in [6, 6.07) is 7.08. The lowest BCUT2D eigenvalue weighted by Crippen LogP contribution is -2.43. The molecule has 0 aliphatic carbocycles. The lowest BCUT2D eigenvalue weighted by molar-refractivity contribution is -0.118. The molecule has 0 unspecified atom stereocenters. The van der Waals surface area contributed by atoms with Gasteiger partial charge in [-0.1, -0.05) is 28.9 Å². The van der Waals surface area contributed by atoms with Crippen molar-refractivity contribution in [2.75, 3.05) is 31.5 Å². The molecule has 5 heteroatoms. The summed E-state index contributed by atoms with van der Waals surface area (Å²) in [5, 5.41) is 3.05. The number of nitrogens with one attached hydrogen (secondary N) is 1. The first-order valence-corrected chi connectivity index (χ1v) is 9.40. The van der Waals surface area contributed by atoms with Crippen LogP contribution >= 0.6 is 15.9 Å². The van der Waals surface area contributed by atoms with Gasteiger partial charge in [0.25, 0.3) is 0 Å². The van der Waals surface area contributed by atoms with Crippen molar-refractivity contribution in [3.63, 3.8) is 0 Å². The number of aryl methyl sites for hydroxylation is 1. The number of rotatable bonds is 4. The van der Waals surface area contributed by atoms with Gasteiger partial charge in [-0.15, -0.1) is 0 Å². The Balaban J connectivity index is 1.62. The van der Waals surface area contributed by atoms with Gasteiger partial charge in [-0.05, 0) is 57.0 Å². The van der Waals surface area contributed by atoms with E-state index in [0.717, 1.165) is 23.2 Å². The van der Waals surface area contributed by atoms with Crippen LogP contribution in [0.3, 0.4) is 0 Å². The Morgan fingerprint density at radius 1 is 1.30 bits per heavy atom. The van der Waals surface area contributed by atoms with Crippen molar-refractivity contribution in [2.45, 2.75) is 45.2 Å². The second-order valence-corrected chi connectivity index (χ2v) is 7.61. The number of likely N-dealkylation sites (tertiary alicyclic amines) is 1. The minimum absolute atomic E-state index is 0.0996. The number of hydrogen-bond donors (Lipinski definition) is 1. The topological polar surface area (TPSA) is 35.6 Å². The molecular formula is C18H26BrN3O. The molecule has 1 aromatic rings. The molecule has 2 aliphatic heterocycles. The van der Waals surface area contributed by atoms with Crippen molar-refractivity contribution in [3.8, 4) is 0 Å². The highest BCUT2D eigenvalue weighted by Gasteiger charge is 2.37. The molecule has 126 valence electrons. The van der Waals surface area contributed by atoms with Crippen LogP contribution in [0.25, 0.3) is 0 Å². The van der Waals surface area contributed by atoms with Gasteiger partial charge in [0.15, 0.2) is 0 Å². The number of nitrogens with zero attached hydrogens (tertiary/aromatic N) is 2. The molecule has 0 spiro atoms. The first-order chi connectivity index (χ1) is 11.1. The Labute approximate surface area is 147 Å².